The predicted molar refractivity (Wildman–Crippen MR) is 252 cm³/mol. The van der Waals surface area contributed by atoms with Gasteiger partial charge in [0.1, 0.15) is 33.5 Å². The Hall–Kier alpha value is -8.68. The van der Waals surface area contributed by atoms with E-state index in [0.29, 0.717) is 17.5 Å². The molecule has 8 aromatic carbocycles. The number of pyridine rings is 1. The Kier molecular flexibility index (Phi) is 7.77. The topological polar surface area (TPSA) is 91.0 Å². The molecule has 0 aliphatic rings. The molecule has 5 heterocycles. The molecule has 0 aliphatic heterocycles. The molecule has 0 saturated heterocycles. The van der Waals surface area contributed by atoms with Gasteiger partial charge in [0.05, 0.1) is 0 Å². The monoisotopic (exact) mass is 808 g/mol. The van der Waals surface area contributed by atoms with Crippen LogP contribution in [-0.4, -0.2) is 19.9 Å². The van der Waals surface area contributed by atoms with Crippen LogP contribution in [-0.2, 0) is 0 Å². The van der Waals surface area contributed by atoms with E-state index in [1.54, 1.807) is 6.20 Å². The minimum absolute atomic E-state index is 0.549. The van der Waals surface area contributed by atoms with Crippen molar-refractivity contribution in [3.63, 3.8) is 0 Å². The largest absolute Gasteiger partial charge is 0.456 e. The minimum atomic E-state index is 0.549. The highest BCUT2D eigenvalue weighted by Gasteiger charge is 2.21. The molecule has 0 radical (unpaired) electrons. The zero-order valence-electron chi connectivity index (χ0n) is 33.5. The number of furan rings is 3. The summed E-state index contributed by atoms with van der Waals surface area (Å²) in [6.45, 7) is 0. The van der Waals surface area contributed by atoms with Crippen LogP contribution in [0.15, 0.2) is 208 Å². The second kappa shape index (κ2) is 13.9. The van der Waals surface area contributed by atoms with Gasteiger partial charge >= 0.3 is 0 Å². The lowest BCUT2D eigenvalue weighted by Crippen LogP contribution is -2.00. The summed E-state index contributed by atoms with van der Waals surface area (Å²) in [6.07, 6.45) is 3.64. The summed E-state index contributed by atoms with van der Waals surface area (Å²) in [7, 11) is 0. The number of hydrogen-bond acceptors (Lipinski definition) is 7. The van der Waals surface area contributed by atoms with Gasteiger partial charge in [0.2, 0.25) is 0 Å². The van der Waals surface area contributed by atoms with Crippen molar-refractivity contribution in [2.45, 2.75) is 0 Å². The van der Waals surface area contributed by atoms with Gasteiger partial charge in [-0.25, -0.2) is 15.0 Å². The van der Waals surface area contributed by atoms with E-state index in [4.69, 9.17) is 28.2 Å². The molecule has 13 rings (SSSR count). The Morgan fingerprint density at radius 1 is 0.302 bits per heavy atom. The molecule has 0 N–H and O–H groups in total. The fourth-order valence-corrected chi connectivity index (χ4v) is 9.08. The maximum Gasteiger partial charge on any atom is 0.164 e. The summed E-state index contributed by atoms with van der Waals surface area (Å²) < 4.78 is 19.3. The number of rotatable bonds is 6. The van der Waals surface area contributed by atoms with Crippen LogP contribution in [0.1, 0.15) is 0 Å². The number of hydrogen-bond donors (Lipinski definition) is 0. The molecular weight excluding hydrogens is 777 g/mol. The van der Waals surface area contributed by atoms with E-state index < -0.39 is 0 Å². The minimum Gasteiger partial charge on any atom is -0.456 e. The maximum atomic E-state index is 6.75. The molecule has 7 nitrogen and oxygen atoms in total. The zero-order chi connectivity index (χ0) is 41.4. The van der Waals surface area contributed by atoms with Crippen LogP contribution in [0.25, 0.3) is 133 Å². The van der Waals surface area contributed by atoms with Crippen molar-refractivity contribution in [3.8, 4) is 67.5 Å². The Morgan fingerprint density at radius 2 is 0.841 bits per heavy atom. The fraction of sp³-hybridized carbons (Fsp3) is 0. The summed E-state index contributed by atoms with van der Waals surface area (Å²) in [5.41, 5.74) is 13.8. The molecule has 0 amide bonds. The van der Waals surface area contributed by atoms with Gasteiger partial charge in [-0.05, 0) is 76.9 Å². The van der Waals surface area contributed by atoms with Gasteiger partial charge in [0.15, 0.2) is 17.5 Å². The fourth-order valence-electron chi connectivity index (χ4n) is 9.08. The molecule has 13 aromatic rings. The van der Waals surface area contributed by atoms with Crippen molar-refractivity contribution in [2.24, 2.45) is 0 Å². The van der Waals surface area contributed by atoms with Crippen LogP contribution in [0.3, 0.4) is 0 Å². The summed E-state index contributed by atoms with van der Waals surface area (Å²) in [5, 5.41) is 6.42. The highest BCUT2D eigenvalue weighted by Crippen LogP contribution is 2.45. The number of aromatic nitrogens is 4. The Labute approximate surface area is 359 Å². The van der Waals surface area contributed by atoms with Gasteiger partial charge < -0.3 is 13.3 Å². The van der Waals surface area contributed by atoms with E-state index in [-0.39, 0.29) is 0 Å². The van der Waals surface area contributed by atoms with Crippen molar-refractivity contribution < 1.29 is 13.3 Å². The van der Waals surface area contributed by atoms with Crippen molar-refractivity contribution in [1.82, 2.24) is 19.9 Å². The standard InChI is InChI=1S/C56H32N4O3/c1-4-17-46-40(13-1)41-26-25-37(31-50(41)62-46)56-59-54(58-55(60-56)36-11-7-10-35(30-36)38-12-9-29-57-32-38)34-23-21-33(22-24-34)39-27-28-43(52-45-15-3-6-19-48(45)63-53(39)52)42-16-8-20-49-51(42)44-14-2-5-18-47(44)61-49/h1-32H. The van der Waals surface area contributed by atoms with E-state index in [2.05, 4.69) is 114 Å². The highest BCUT2D eigenvalue weighted by molar-refractivity contribution is 6.21. The van der Waals surface area contributed by atoms with Gasteiger partial charge in [0, 0.05) is 72.5 Å². The third kappa shape index (κ3) is 5.75. The lowest BCUT2D eigenvalue weighted by Gasteiger charge is -2.11. The molecule has 0 aliphatic carbocycles. The molecule has 5 aromatic heterocycles. The van der Waals surface area contributed by atoms with E-state index in [0.717, 1.165) is 116 Å². The summed E-state index contributed by atoms with van der Waals surface area (Å²) in [5.74, 6) is 1.67. The van der Waals surface area contributed by atoms with Crippen LogP contribution < -0.4 is 0 Å². The molecular formula is C56H32N4O3. The molecule has 0 saturated carbocycles. The van der Waals surface area contributed by atoms with Crippen LogP contribution in [0.2, 0.25) is 0 Å². The normalized spacial score (nSPS) is 11.8. The van der Waals surface area contributed by atoms with Gasteiger partial charge in [-0.3, -0.25) is 4.98 Å². The van der Waals surface area contributed by atoms with E-state index in [1.807, 2.05) is 79.0 Å². The van der Waals surface area contributed by atoms with E-state index >= 15 is 0 Å². The molecule has 7 heteroatoms. The smallest absolute Gasteiger partial charge is 0.164 e. The van der Waals surface area contributed by atoms with Gasteiger partial charge in [-0.15, -0.1) is 0 Å². The van der Waals surface area contributed by atoms with Gasteiger partial charge in [-0.2, -0.15) is 0 Å². The lowest BCUT2D eigenvalue weighted by atomic mass is 9.92. The first-order chi connectivity index (χ1) is 31.2. The summed E-state index contributed by atoms with van der Waals surface area (Å²) in [6, 6.07) is 62.0. The first kappa shape index (κ1) is 35.1. The molecule has 63 heavy (non-hydrogen) atoms. The Balaban J connectivity index is 0.947. The Bertz CT molecular complexity index is 3920. The maximum absolute atomic E-state index is 6.75. The predicted octanol–water partition coefficient (Wildman–Crippen LogP) is 15.0. The first-order valence-corrected chi connectivity index (χ1v) is 20.8. The Morgan fingerprint density at radius 3 is 1.62 bits per heavy atom. The van der Waals surface area contributed by atoms with Crippen LogP contribution in [0.4, 0.5) is 0 Å². The van der Waals surface area contributed by atoms with Crippen molar-refractivity contribution in [3.05, 3.63) is 194 Å². The van der Waals surface area contributed by atoms with Gasteiger partial charge in [0.25, 0.3) is 0 Å². The SMILES string of the molecule is c1cncc(-c2cccc(-c3nc(-c4ccc(-c5ccc(-c6cccc7oc8ccccc8c67)c6c5oc5ccccc56)cc4)nc(-c4ccc5c(c4)oc4ccccc45)n3)c2)c1. The third-order valence-corrected chi connectivity index (χ3v) is 12.1. The first-order valence-electron chi connectivity index (χ1n) is 20.8. The molecule has 0 spiro atoms. The summed E-state index contributed by atoms with van der Waals surface area (Å²) in [4.78, 5) is 19.6. The van der Waals surface area contributed by atoms with Crippen LogP contribution in [0, 0.1) is 0 Å². The number of nitrogens with zero attached hydrogens (tertiary/aromatic N) is 4. The molecule has 0 unspecified atom stereocenters. The average molecular weight is 809 g/mol. The number of para-hydroxylation sites is 3. The lowest BCUT2D eigenvalue weighted by molar-refractivity contribution is 0.668. The summed E-state index contributed by atoms with van der Waals surface area (Å²) >= 11 is 0. The van der Waals surface area contributed by atoms with Crippen molar-refractivity contribution in [2.75, 3.05) is 0 Å². The van der Waals surface area contributed by atoms with E-state index in [9.17, 15) is 0 Å². The highest BCUT2D eigenvalue weighted by atomic mass is 16.3. The van der Waals surface area contributed by atoms with Crippen LogP contribution in [0.5, 0.6) is 0 Å². The van der Waals surface area contributed by atoms with E-state index in [1.165, 1.54) is 0 Å². The van der Waals surface area contributed by atoms with Crippen molar-refractivity contribution in [1.29, 1.82) is 0 Å². The zero-order valence-corrected chi connectivity index (χ0v) is 33.5. The van der Waals surface area contributed by atoms with Crippen LogP contribution >= 0.6 is 0 Å². The third-order valence-electron chi connectivity index (χ3n) is 12.1. The van der Waals surface area contributed by atoms with Crippen molar-refractivity contribution >= 4 is 65.8 Å². The quantitative estimate of drug-likeness (QED) is 0.165. The second-order valence-electron chi connectivity index (χ2n) is 15.8. The van der Waals surface area contributed by atoms with Gasteiger partial charge in [-0.1, -0.05) is 127 Å². The molecule has 294 valence electrons. The number of fused-ring (bicyclic) bond motifs is 9. The number of benzene rings is 8. The molecule has 0 fully saturated rings. The second-order valence-corrected chi connectivity index (χ2v) is 15.8. The molecule has 0 bridgehead atoms. The molecule has 0 atom stereocenters. The average Bonchev–Trinajstić information content (AvgIpc) is 4.06.